The van der Waals surface area contributed by atoms with Gasteiger partial charge in [-0.25, -0.2) is 18.2 Å². The van der Waals surface area contributed by atoms with Crippen molar-refractivity contribution in [1.29, 1.82) is 0 Å². The maximum absolute atomic E-state index is 12.5. The van der Waals surface area contributed by atoms with E-state index in [-0.39, 0.29) is 16.7 Å². The van der Waals surface area contributed by atoms with Crippen LogP contribution in [0.3, 0.4) is 0 Å². The monoisotopic (exact) mass is 381 g/mol. The molecule has 0 spiro atoms. The molecule has 0 aliphatic carbocycles. The van der Waals surface area contributed by atoms with Gasteiger partial charge in [-0.3, -0.25) is 18.7 Å². The second kappa shape index (κ2) is 6.32. The average Bonchev–Trinajstić information content (AvgIpc) is 3.08. The minimum Gasteiger partial charge on any atom is -0.323 e. The van der Waals surface area contributed by atoms with E-state index in [4.69, 9.17) is 0 Å². The first-order chi connectivity index (χ1) is 12.1. The molecule has 2 aromatic heterocycles. The van der Waals surface area contributed by atoms with Crippen LogP contribution in [-0.4, -0.2) is 51.6 Å². The molecular formula is C15H19N5O5S. The molecule has 1 aliphatic heterocycles. The number of aryl methyl sites for hydroxylation is 1. The van der Waals surface area contributed by atoms with E-state index in [0.717, 1.165) is 10.8 Å². The summed E-state index contributed by atoms with van der Waals surface area (Å²) in [5, 5.41) is 2.80. The number of nitrogens with zero attached hydrogens (tertiary/aromatic N) is 4. The molecule has 10 nitrogen and oxygen atoms in total. The van der Waals surface area contributed by atoms with Gasteiger partial charge < -0.3 is 5.32 Å². The van der Waals surface area contributed by atoms with E-state index in [1.165, 1.54) is 35.2 Å². The number of amides is 1. The minimum absolute atomic E-state index is 0.179. The molecule has 11 heteroatoms. The molecule has 26 heavy (non-hydrogen) atoms. The van der Waals surface area contributed by atoms with Crippen molar-refractivity contribution in [3.8, 4) is 0 Å². The number of nitrogens with one attached hydrogen (secondary N) is 1. The number of fused-ring (bicyclic) bond motifs is 1. The molecule has 2 aromatic rings. The molecule has 1 saturated heterocycles. The summed E-state index contributed by atoms with van der Waals surface area (Å²) in [7, 11) is -0.624. The number of aromatic nitrogens is 3. The fourth-order valence-corrected chi connectivity index (χ4v) is 4.28. The molecule has 0 radical (unpaired) electrons. The van der Waals surface area contributed by atoms with Gasteiger partial charge in [-0.15, -0.1) is 0 Å². The van der Waals surface area contributed by atoms with Crippen molar-refractivity contribution in [3.05, 3.63) is 33.1 Å². The second-order valence-corrected chi connectivity index (χ2v) is 8.26. The van der Waals surface area contributed by atoms with Gasteiger partial charge in [0.1, 0.15) is 11.7 Å². The molecule has 140 valence electrons. The summed E-state index contributed by atoms with van der Waals surface area (Å²) in [6.07, 6.45) is 3.43. The van der Waals surface area contributed by atoms with Crippen LogP contribution in [0.2, 0.25) is 0 Å². The largest absolute Gasteiger partial charge is 0.332 e. The third-order valence-electron chi connectivity index (χ3n) is 4.49. The lowest BCUT2D eigenvalue weighted by atomic mass is 10.2. The molecule has 1 unspecified atom stereocenters. The van der Waals surface area contributed by atoms with Crippen molar-refractivity contribution in [2.75, 3.05) is 18.1 Å². The fourth-order valence-electron chi connectivity index (χ4n) is 3.16. The zero-order chi connectivity index (χ0) is 19.2. The van der Waals surface area contributed by atoms with Crippen LogP contribution in [0.4, 0.5) is 5.69 Å². The normalized spacial score (nSPS) is 18.3. The smallest absolute Gasteiger partial charge is 0.323 e. The highest BCUT2D eigenvalue weighted by molar-refractivity contribution is 7.88. The summed E-state index contributed by atoms with van der Waals surface area (Å²) in [4.78, 5) is 40.8. The van der Waals surface area contributed by atoms with Crippen molar-refractivity contribution >= 4 is 32.7 Å². The van der Waals surface area contributed by atoms with Crippen molar-refractivity contribution in [2.45, 2.75) is 18.9 Å². The van der Waals surface area contributed by atoms with Gasteiger partial charge >= 0.3 is 5.69 Å². The number of hydrogen-bond donors (Lipinski definition) is 1. The third kappa shape index (κ3) is 3.03. The van der Waals surface area contributed by atoms with Gasteiger partial charge in [0.25, 0.3) is 5.56 Å². The van der Waals surface area contributed by atoms with Crippen molar-refractivity contribution in [2.24, 2.45) is 14.1 Å². The molecule has 0 saturated carbocycles. The van der Waals surface area contributed by atoms with Gasteiger partial charge in [0.15, 0.2) is 0 Å². The molecule has 1 N–H and O–H groups in total. The first-order valence-corrected chi connectivity index (χ1v) is 9.79. The summed E-state index contributed by atoms with van der Waals surface area (Å²) in [6.45, 7) is 0.301. The molecule has 3 rings (SSSR count). The van der Waals surface area contributed by atoms with Gasteiger partial charge in [0.05, 0.1) is 23.5 Å². The van der Waals surface area contributed by atoms with Crippen molar-refractivity contribution < 1.29 is 13.2 Å². The van der Waals surface area contributed by atoms with Crippen LogP contribution in [0.5, 0.6) is 0 Å². The molecule has 3 heterocycles. The van der Waals surface area contributed by atoms with Crippen LogP contribution in [0.25, 0.3) is 11.0 Å². The molecule has 1 atom stereocenters. The first kappa shape index (κ1) is 18.3. The average molecular weight is 381 g/mol. The number of rotatable bonds is 3. The lowest BCUT2D eigenvalue weighted by Crippen LogP contribution is -2.42. The zero-order valence-corrected chi connectivity index (χ0v) is 15.4. The molecule has 1 amide bonds. The van der Waals surface area contributed by atoms with E-state index in [1.807, 2.05) is 0 Å². The SMILES string of the molecule is Cn1c(=O)c2cc(NC(=O)C3CCCN3S(C)(=O)=O)cnc2n(C)c1=O. The Bertz CT molecular complexity index is 1120. The Labute approximate surface area is 149 Å². The van der Waals surface area contributed by atoms with Crippen LogP contribution in [0.1, 0.15) is 12.8 Å². The Balaban J connectivity index is 1.96. The van der Waals surface area contributed by atoms with Gasteiger partial charge in [-0.1, -0.05) is 0 Å². The fraction of sp³-hybridized carbons (Fsp3) is 0.467. The van der Waals surface area contributed by atoms with E-state index in [0.29, 0.717) is 19.4 Å². The number of anilines is 1. The lowest BCUT2D eigenvalue weighted by molar-refractivity contribution is -0.119. The maximum Gasteiger partial charge on any atom is 0.332 e. The molecule has 1 fully saturated rings. The molecule has 0 bridgehead atoms. The Morgan fingerprint density at radius 2 is 1.96 bits per heavy atom. The zero-order valence-electron chi connectivity index (χ0n) is 14.6. The van der Waals surface area contributed by atoms with Crippen LogP contribution in [-0.2, 0) is 28.9 Å². The quantitative estimate of drug-likeness (QED) is 0.727. The number of hydrogen-bond acceptors (Lipinski definition) is 6. The van der Waals surface area contributed by atoms with Gasteiger partial charge in [-0.05, 0) is 18.9 Å². The number of sulfonamides is 1. The first-order valence-electron chi connectivity index (χ1n) is 7.94. The summed E-state index contributed by atoms with van der Waals surface area (Å²) < 4.78 is 26.9. The molecular weight excluding hydrogens is 362 g/mol. The number of carbonyl (C=O) groups excluding carboxylic acids is 1. The predicted octanol–water partition coefficient (Wildman–Crippen LogP) is -1.01. The van der Waals surface area contributed by atoms with Crippen LogP contribution >= 0.6 is 0 Å². The van der Waals surface area contributed by atoms with Crippen LogP contribution in [0, 0.1) is 0 Å². The minimum atomic E-state index is -3.48. The van der Waals surface area contributed by atoms with E-state index in [9.17, 15) is 22.8 Å². The Hall–Kier alpha value is -2.53. The van der Waals surface area contributed by atoms with Crippen molar-refractivity contribution in [3.63, 3.8) is 0 Å². The standard InChI is InChI=1S/C15H19N5O5S/c1-18-12-10(14(22)19(2)15(18)23)7-9(8-16-12)17-13(21)11-5-4-6-20(11)26(3,24)25/h7-8,11H,4-6H2,1-3H3,(H,17,21). The van der Waals surface area contributed by atoms with Gasteiger partial charge in [0.2, 0.25) is 15.9 Å². The van der Waals surface area contributed by atoms with Crippen LogP contribution < -0.4 is 16.6 Å². The Morgan fingerprint density at radius 3 is 2.62 bits per heavy atom. The second-order valence-electron chi connectivity index (χ2n) is 6.32. The van der Waals surface area contributed by atoms with E-state index in [1.54, 1.807) is 0 Å². The topological polar surface area (TPSA) is 123 Å². The van der Waals surface area contributed by atoms with Gasteiger partial charge in [0, 0.05) is 20.6 Å². The van der Waals surface area contributed by atoms with E-state index < -0.39 is 33.2 Å². The number of pyridine rings is 1. The van der Waals surface area contributed by atoms with E-state index in [2.05, 4.69) is 10.3 Å². The Morgan fingerprint density at radius 1 is 1.27 bits per heavy atom. The van der Waals surface area contributed by atoms with E-state index >= 15 is 0 Å². The van der Waals surface area contributed by atoms with Gasteiger partial charge in [-0.2, -0.15) is 4.31 Å². The maximum atomic E-state index is 12.5. The summed E-state index contributed by atoms with van der Waals surface area (Å²) in [5.74, 6) is -0.476. The lowest BCUT2D eigenvalue weighted by Gasteiger charge is -2.21. The van der Waals surface area contributed by atoms with Crippen molar-refractivity contribution in [1.82, 2.24) is 18.4 Å². The molecule has 1 aliphatic rings. The predicted molar refractivity (Wildman–Crippen MR) is 95.4 cm³/mol. The third-order valence-corrected chi connectivity index (χ3v) is 5.78. The summed E-state index contributed by atoms with van der Waals surface area (Å²) >= 11 is 0. The molecule has 0 aromatic carbocycles. The summed E-state index contributed by atoms with van der Waals surface area (Å²) in [5.41, 5.74) is -0.555. The highest BCUT2D eigenvalue weighted by atomic mass is 32.2. The highest BCUT2D eigenvalue weighted by Crippen LogP contribution is 2.22. The van der Waals surface area contributed by atoms with Crippen LogP contribution in [0.15, 0.2) is 21.9 Å². The summed E-state index contributed by atoms with van der Waals surface area (Å²) in [6, 6.07) is 0.644. The Kier molecular flexibility index (Phi) is 4.44. The highest BCUT2D eigenvalue weighted by Gasteiger charge is 2.36. The number of carbonyl (C=O) groups is 1.